The molecule has 2 aromatic rings. The molecule has 78 valence electrons. The summed E-state index contributed by atoms with van der Waals surface area (Å²) in [6.07, 6.45) is 0.484. The van der Waals surface area contributed by atoms with Crippen LogP contribution in [0, 0.1) is 0 Å². The second kappa shape index (κ2) is 4.19. The van der Waals surface area contributed by atoms with Crippen LogP contribution in [0.25, 0.3) is 10.9 Å². The highest BCUT2D eigenvalue weighted by molar-refractivity contribution is 9.08. The maximum absolute atomic E-state index is 11.0. The lowest BCUT2D eigenvalue weighted by atomic mass is 10.1. The Labute approximate surface area is 96.8 Å². The second-order valence-electron chi connectivity index (χ2n) is 3.73. The van der Waals surface area contributed by atoms with Gasteiger partial charge in [-0.2, -0.15) is 0 Å². The van der Waals surface area contributed by atoms with Gasteiger partial charge in [0.2, 0.25) is 0 Å². The number of aromatic nitrogens is 1. The lowest BCUT2D eigenvalue weighted by Crippen LogP contribution is -1.95. The summed E-state index contributed by atoms with van der Waals surface area (Å²) in [5.41, 5.74) is 3.33. The molecule has 2 rings (SSSR count). The number of alkyl halides is 1. The molecule has 0 fully saturated rings. The van der Waals surface area contributed by atoms with E-state index < -0.39 is 0 Å². The van der Waals surface area contributed by atoms with E-state index in [4.69, 9.17) is 0 Å². The topological polar surface area (TPSA) is 32.9 Å². The molecule has 0 saturated carbocycles. The van der Waals surface area contributed by atoms with Crippen molar-refractivity contribution < 1.29 is 4.79 Å². The number of benzene rings is 1. The van der Waals surface area contributed by atoms with Crippen LogP contribution in [-0.2, 0) is 16.5 Å². The molecule has 0 spiro atoms. The van der Waals surface area contributed by atoms with Crippen LogP contribution in [0.2, 0.25) is 0 Å². The van der Waals surface area contributed by atoms with Crippen LogP contribution < -0.4 is 0 Å². The van der Waals surface area contributed by atoms with Gasteiger partial charge in [0.15, 0.2) is 0 Å². The van der Waals surface area contributed by atoms with Crippen LogP contribution in [0.4, 0.5) is 0 Å². The second-order valence-corrected chi connectivity index (χ2v) is 4.29. The first kappa shape index (κ1) is 10.4. The highest BCUT2D eigenvalue weighted by Gasteiger charge is 2.03. The van der Waals surface area contributed by atoms with Gasteiger partial charge >= 0.3 is 0 Å². The number of carbonyl (C=O) groups excluding carboxylic acids is 1. The molecule has 1 aromatic carbocycles. The predicted molar refractivity (Wildman–Crippen MR) is 65.3 cm³/mol. The molecule has 0 aliphatic rings. The largest absolute Gasteiger partial charge is 0.358 e. The molecule has 0 bridgehead atoms. The molecular formula is C12H12BrNO. The molecule has 0 aliphatic heterocycles. The molecule has 1 N–H and O–H groups in total. The third-order valence-corrected chi connectivity index (χ3v) is 2.98. The standard InChI is InChI=1S/C12H12BrNO/c1-8(15)4-11-6-10-5-9(7-13)2-3-12(10)14-11/h2-3,5-6,14H,4,7H2,1H3. The Morgan fingerprint density at radius 2 is 2.20 bits per heavy atom. The lowest BCUT2D eigenvalue weighted by Gasteiger charge is -1.94. The number of Topliss-reactive ketones (excluding diaryl/α,β-unsaturated/α-hetero) is 1. The maximum Gasteiger partial charge on any atom is 0.135 e. The number of ketones is 1. The van der Waals surface area contributed by atoms with E-state index >= 15 is 0 Å². The van der Waals surface area contributed by atoms with Gasteiger partial charge in [-0.05, 0) is 36.1 Å². The summed E-state index contributed by atoms with van der Waals surface area (Å²) < 4.78 is 0. The van der Waals surface area contributed by atoms with Gasteiger partial charge in [0, 0.05) is 23.0 Å². The minimum atomic E-state index is 0.183. The summed E-state index contributed by atoms with van der Waals surface area (Å²) in [6.45, 7) is 1.61. The van der Waals surface area contributed by atoms with Crippen molar-refractivity contribution in [2.75, 3.05) is 0 Å². The van der Waals surface area contributed by atoms with Crippen molar-refractivity contribution in [2.24, 2.45) is 0 Å². The van der Waals surface area contributed by atoms with Crippen LogP contribution in [0.5, 0.6) is 0 Å². The third kappa shape index (κ3) is 2.29. The highest BCUT2D eigenvalue weighted by atomic mass is 79.9. The zero-order chi connectivity index (χ0) is 10.8. The number of rotatable bonds is 3. The highest BCUT2D eigenvalue weighted by Crippen LogP contribution is 2.19. The number of nitrogens with one attached hydrogen (secondary N) is 1. The summed E-state index contributed by atoms with van der Waals surface area (Å²) in [6, 6.07) is 8.30. The van der Waals surface area contributed by atoms with Crippen LogP contribution in [0.15, 0.2) is 24.3 Å². The summed E-state index contributed by atoms with van der Waals surface area (Å²) in [4.78, 5) is 14.2. The average Bonchev–Trinajstić information content (AvgIpc) is 2.57. The number of halogens is 1. The Morgan fingerprint density at radius 1 is 1.40 bits per heavy atom. The van der Waals surface area contributed by atoms with Crippen LogP contribution in [0.1, 0.15) is 18.2 Å². The Morgan fingerprint density at radius 3 is 2.87 bits per heavy atom. The van der Waals surface area contributed by atoms with Gasteiger partial charge < -0.3 is 4.98 Å². The van der Waals surface area contributed by atoms with Crippen molar-refractivity contribution >= 4 is 32.6 Å². The number of fused-ring (bicyclic) bond motifs is 1. The Hall–Kier alpha value is -1.09. The molecule has 0 atom stereocenters. The van der Waals surface area contributed by atoms with Crippen LogP contribution in [-0.4, -0.2) is 10.8 Å². The van der Waals surface area contributed by atoms with Crippen molar-refractivity contribution in [1.29, 1.82) is 0 Å². The first-order chi connectivity index (χ1) is 7.19. The number of carbonyl (C=O) groups is 1. The number of aromatic amines is 1. The number of hydrogen-bond acceptors (Lipinski definition) is 1. The van der Waals surface area contributed by atoms with Gasteiger partial charge in [-0.3, -0.25) is 4.79 Å². The lowest BCUT2D eigenvalue weighted by molar-refractivity contribution is -0.116. The molecular weight excluding hydrogens is 254 g/mol. The fourth-order valence-corrected chi connectivity index (χ4v) is 2.04. The first-order valence-electron chi connectivity index (χ1n) is 4.85. The fraction of sp³-hybridized carbons (Fsp3) is 0.250. The molecule has 3 heteroatoms. The Kier molecular flexibility index (Phi) is 2.91. The average molecular weight is 266 g/mol. The summed E-state index contributed by atoms with van der Waals surface area (Å²) in [5, 5.41) is 2.03. The maximum atomic E-state index is 11.0. The smallest absolute Gasteiger partial charge is 0.135 e. The normalized spacial score (nSPS) is 10.8. The van der Waals surface area contributed by atoms with Crippen LogP contribution in [0.3, 0.4) is 0 Å². The first-order valence-corrected chi connectivity index (χ1v) is 5.97. The molecule has 15 heavy (non-hydrogen) atoms. The number of H-pyrrole nitrogens is 1. The summed E-state index contributed by atoms with van der Waals surface area (Å²) >= 11 is 3.43. The van der Waals surface area contributed by atoms with E-state index in [1.807, 2.05) is 6.07 Å². The summed E-state index contributed by atoms with van der Waals surface area (Å²) in [7, 11) is 0. The Bertz CT molecular complexity index is 501. The molecule has 2 nitrogen and oxygen atoms in total. The van der Waals surface area contributed by atoms with E-state index in [1.54, 1.807) is 6.92 Å². The third-order valence-electron chi connectivity index (χ3n) is 2.33. The minimum Gasteiger partial charge on any atom is -0.358 e. The molecule has 1 aromatic heterocycles. The molecule has 0 radical (unpaired) electrons. The Balaban J connectivity index is 2.42. The van der Waals surface area contributed by atoms with E-state index in [0.29, 0.717) is 6.42 Å². The van der Waals surface area contributed by atoms with Gasteiger partial charge in [-0.15, -0.1) is 0 Å². The van der Waals surface area contributed by atoms with Crippen molar-refractivity contribution in [1.82, 2.24) is 4.98 Å². The van der Waals surface area contributed by atoms with E-state index in [9.17, 15) is 4.79 Å². The molecule has 0 saturated heterocycles. The van der Waals surface area contributed by atoms with Crippen LogP contribution >= 0.6 is 15.9 Å². The summed E-state index contributed by atoms with van der Waals surface area (Å²) in [5.74, 6) is 0.183. The minimum absolute atomic E-state index is 0.183. The zero-order valence-corrected chi connectivity index (χ0v) is 10.1. The van der Waals surface area contributed by atoms with Crippen molar-refractivity contribution in [2.45, 2.75) is 18.7 Å². The molecule has 0 unspecified atom stereocenters. The predicted octanol–water partition coefficient (Wildman–Crippen LogP) is 3.19. The van der Waals surface area contributed by atoms with Gasteiger partial charge in [-0.1, -0.05) is 22.0 Å². The number of hydrogen-bond donors (Lipinski definition) is 1. The van der Waals surface area contributed by atoms with Gasteiger partial charge in [0.05, 0.1) is 0 Å². The molecule has 0 amide bonds. The van der Waals surface area contributed by atoms with Crippen molar-refractivity contribution in [3.63, 3.8) is 0 Å². The van der Waals surface area contributed by atoms with E-state index in [0.717, 1.165) is 16.5 Å². The zero-order valence-electron chi connectivity index (χ0n) is 8.51. The molecule has 0 aliphatic carbocycles. The van der Waals surface area contributed by atoms with Gasteiger partial charge in [-0.25, -0.2) is 0 Å². The fourth-order valence-electron chi connectivity index (χ4n) is 1.69. The van der Waals surface area contributed by atoms with E-state index in [-0.39, 0.29) is 5.78 Å². The van der Waals surface area contributed by atoms with E-state index in [2.05, 4.69) is 39.1 Å². The molecule has 1 heterocycles. The van der Waals surface area contributed by atoms with Gasteiger partial charge in [0.1, 0.15) is 5.78 Å². The van der Waals surface area contributed by atoms with Gasteiger partial charge in [0.25, 0.3) is 0 Å². The quantitative estimate of drug-likeness (QED) is 0.850. The van der Waals surface area contributed by atoms with Crippen molar-refractivity contribution in [3.05, 3.63) is 35.5 Å². The SMILES string of the molecule is CC(=O)Cc1cc2cc(CBr)ccc2[nH]1. The van der Waals surface area contributed by atoms with E-state index in [1.165, 1.54) is 10.9 Å². The van der Waals surface area contributed by atoms with Crippen molar-refractivity contribution in [3.8, 4) is 0 Å². The monoisotopic (exact) mass is 265 g/mol.